The van der Waals surface area contributed by atoms with Crippen LogP contribution in [-0.4, -0.2) is 5.78 Å². The van der Waals surface area contributed by atoms with E-state index < -0.39 is 0 Å². The lowest BCUT2D eigenvalue weighted by atomic mass is 10.0. The summed E-state index contributed by atoms with van der Waals surface area (Å²) in [6, 6.07) is 17.6. The van der Waals surface area contributed by atoms with E-state index in [9.17, 15) is 4.79 Å². The van der Waals surface area contributed by atoms with Gasteiger partial charge in [-0.1, -0.05) is 84.0 Å². The fraction of sp³-hybridized carbons (Fsp3) is 0.240. The van der Waals surface area contributed by atoms with Gasteiger partial charge in [0.05, 0.1) is 0 Å². The SMILES string of the molecule is CC(C)=CCC/C(C)=C/Cc1ccccc1C=CC(=O)c1ccccc1. The summed E-state index contributed by atoms with van der Waals surface area (Å²) in [7, 11) is 0. The smallest absolute Gasteiger partial charge is 0.185 e. The molecule has 0 fully saturated rings. The molecular formula is C25H28O. The maximum atomic E-state index is 12.3. The summed E-state index contributed by atoms with van der Waals surface area (Å²) >= 11 is 0. The molecule has 0 radical (unpaired) electrons. The lowest BCUT2D eigenvalue weighted by Gasteiger charge is -2.05. The highest BCUT2D eigenvalue weighted by molar-refractivity contribution is 6.06. The molecule has 0 heterocycles. The largest absolute Gasteiger partial charge is 0.289 e. The van der Waals surface area contributed by atoms with E-state index in [0.717, 1.165) is 30.4 Å². The first-order valence-electron chi connectivity index (χ1n) is 9.20. The Morgan fingerprint density at radius 2 is 1.58 bits per heavy atom. The highest BCUT2D eigenvalue weighted by Crippen LogP contribution is 2.15. The Morgan fingerprint density at radius 1 is 0.885 bits per heavy atom. The molecule has 0 aromatic heterocycles. The molecule has 2 rings (SSSR count). The summed E-state index contributed by atoms with van der Waals surface area (Å²) < 4.78 is 0. The number of carbonyl (C=O) groups is 1. The average molecular weight is 344 g/mol. The van der Waals surface area contributed by atoms with Crippen LogP contribution >= 0.6 is 0 Å². The molecule has 0 saturated carbocycles. The van der Waals surface area contributed by atoms with Crippen molar-refractivity contribution in [2.75, 3.05) is 0 Å². The first-order chi connectivity index (χ1) is 12.6. The maximum absolute atomic E-state index is 12.3. The summed E-state index contributed by atoms with van der Waals surface area (Å²) in [6.45, 7) is 6.47. The molecule has 0 aliphatic carbocycles. The molecule has 0 unspecified atom stereocenters. The molecule has 0 bridgehead atoms. The Labute approximate surface area is 157 Å². The van der Waals surface area contributed by atoms with Gasteiger partial charge in [0.2, 0.25) is 0 Å². The number of benzene rings is 2. The first-order valence-corrected chi connectivity index (χ1v) is 9.20. The number of rotatable bonds is 8. The molecule has 0 spiro atoms. The van der Waals surface area contributed by atoms with Crippen LogP contribution in [0.2, 0.25) is 0 Å². The normalized spacial score (nSPS) is 11.6. The van der Waals surface area contributed by atoms with Gasteiger partial charge in [0.15, 0.2) is 5.78 Å². The van der Waals surface area contributed by atoms with E-state index in [1.54, 1.807) is 6.08 Å². The average Bonchev–Trinajstić information content (AvgIpc) is 2.65. The van der Waals surface area contributed by atoms with Crippen molar-refractivity contribution < 1.29 is 4.79 Å². The molecule has 0 aliphatic rings. The minimum atomic E-state index is 0.0360. The lowest BCUT2D eigenvalue weighted by molar-refractivity contribution is 0.104. The highest BCUT2D eigenvalue weighted by Gasteiger charge is 2.02. The summed E-state index contributed by atoms with van der Waals surface area (Å²) in [6.07, 6.45) is 11.2. The molecule has 0 atom stereocenters. The van der Waals surface area contributed by atoms with Crippen LogP contribution in [0.4, 0.5) is 0 Å². The number of ketones is 1. The number of carbonyl (C=O) groups excluding carboxylic acids is 1. The van der Waals surface area contributed by atoms with Crippen LogP contribution in [0.1, 0.15) is 55.1 Å². The summed E-state index contributed by atoms with van der Waals surface area (Å²) in [4.78, 5) is 12.3. The standard InChI is InChI=1S/C25H28O/c1-20(2)10-9-11-21(3)16-17-22-12-7-8-13-23(22)18-19-25(26)24-14-5-4-6-15-24/h4-8,10,12-16,18-19H,9,11,17H2,1-3H3/b19-18?,21-16+. The van der Waals surface area contributed by atoms with Crippen molar-refractivity contribution in [3.8, 4) is 0 Å². The Bertz CT molecular complexity index is 803. The Morgan fingerprint density at radius 3 is 2.31 bits per heavy atom. The van der Waals surface area contributed by atoms with E-state index in [1.165, 1.54) is 16.7 Å². The molecule has 0 aliphatic heterocycles. The lowest BCUT2D eigenvalue weighted by Crippen LogP contribution is -1.94. The van der Waals surface area contributed by atoms with E-state index >= 15 is 0 Å². The highest BCUT2D eigenvalue weighted by atomic mass is 16.1. The molecule has 26 heavy (non-hydrogen) atoms. The van der Waals surface area contributed by atoms with Gasteiger partial charge in [-0.25, -0.2) is 0 Å². The summed E-state index contributed by atoms with van der Waals surface area (Å²) in [5.74, 6) is 0.0360. The van der Waals surface area contributed by atoms with Gasteiger partial charge in [0, 0.05) is 5.56 Å². The Kier molecular flexibility index (Phi) is 7.82. The van der Waals surface area contributed by atoms with Crippen molar-refractivity contribution >= 4 is 11.9 Å². The van der Waals surface area contributed by atoms with E-state index in [2.05, 4.69) is 51.1 Å². The van der Waals surface area contributed by atoms with Crippen molar-refractivity contribution in [3.63, 3.8) is 0 Å². The predicted octanol–water partition coefficient (Wildman–Crippen LogP) is 6.82. The van der Waals surface area contributed by atoms with Crippen molar-refractivity contribution in [2.24, 2.45) is 0 Å². The van der Waals surface area contributed by atoms with E-state index in [0.29, 0.717) is 0 Å². The zero-order chi connectivity index (χ0) is 18.8. The summed E-state index contributed by atoms with van der Waals surface area (Å²) in [5, 5.41) is 0. The molecule has 1 heteroatoms. The monoisotopic (exact) mass is 344 g/mol. The van der Waals surface area contributed by atoms with Crippen LogP contribution in [0.15, 0.2) is 84.0 Å². The predicted molar refractivity (Wildman–Crippen MR) is 112 cm³/mol. The molecule has 1 nitrogen and oxygen atoms in total. The molecular weight excluding hydrogens is 316 g/mol. The topological polar surface area (TPSA) is 17.1 Å². The minimum absolute atomic E-state index is 0.0360. The van der Waals surface area contributed by atoms with Crippen molar-refractivity contribution in [3.05, 3.63) is 101 Å². The second-order valence-electron chi connectivity index (χ2n) is 6.84. The van der Waals surface area contributed by atoms with Gasteiger partial charge < -0.3 is 0 Å². The van der Waals surface area contributed by atoms with Crippen LogP contribution in [0, 0.1) is 0 Å². The van der Waals surface area contributed by atoms with Crippen molar-refractivity contribution in [2.45, 2.75) is 40.0 Å². The van der Waals surface area contributed by atoms with E-state index in [1.807, 2.05) is 42.5 Å². The first kappa shape index (κ1) is 19.7. The van der Waals surface area contributed by atoms with E-state index in [4.69, 9.17) is 0 Å². The third kappa shape index (κ3) is 6.68. The Balaban J connectivity index is 2.04. The van der Waals surface area contributed by atoms with Crippen LogP contribution in [0.3, 0.4) is 0 Å². The maximum Gasteiger partial charge on any atom is 0.185 e. The van der Waals surface area contributed by atoms with E-state index in [-0.39, 0.29) is 5.78 Å². The zero-order valence-electron chi connectivity index (χ0n) is 16.0. The van der Waals surface area contributed by atoms with Crippen LogP contribution in [0.25, 0.3) is 6.08 Å². The van der Waals surface area contributed by atoms with Crippen molar-refractivity contribution in [1.82, 2.24) is 0 Å². The van der Waals surface area contributed by atoms with Gasteiger partial charge in [0.25, 0.3) is 0 Å². The van der Waals surface area contributed by atoms with Gasteiger partial charge in [0.1, 0.15) is 0 Å². The van der Waals surface area contributed by atoms with Gasteiger partial charge in [-0.15, -0.1) is 0 Å². The third-order valence-corrected chi connectivity index (χ3v) is 4.29. The third-order valence-electron chi connectivity index (χ3n) is 4.29. The van der Waals surface area contributed by atoms with Gasteiger partial charge in [-0.2, -0.15) is 0 Å². The molecule has 2 aromatic carbocycles. The number of hydrogen-bond donors (Lipinski definition) is 0. The number of hydrogen-bond acceptors (Lipinski definition) is 1. The quantitative estimate of drug-likeness (QED) is 0.292. The fourth-order valence-corrected chi connectivity index (χ4v) is 2.72. The van der Waals surface area contributed by atoms with Gasteiger partial charge in [-0.05, 0) is 57.2 Å². The number of allylic oxidation sites excluding steroid dienone is 5. The van der Waals surface area contributed by atoms with Crippen molar-refractivity contribution in [1.29, 1.82) is 0 Å². The zero-order valence-corrected chi connectivity index (χ0v) is 16.0. The molecule has 0 N–H and O–H groups in total. The molecule has 134 valence electrons. The molecule has 2 aromatic rings. The Hall–Kier alpha value is -2.67. The van der Waals surface area contributed by atoms with Crippen LogP contribution in [-0.2, 0) is 6.42 Å². The molecule has 0 amide bonds. The second kappa shape index (κ2) is 10.4. The molecule has 0 saturated heterocycles. The van der Waals surface area contributed by atoms with Gasteiger partial charge >= 0.3 is 0 Å². The fourth-order valence-electron chi connectivity index (χ4n) is 2.72. The second-order valence-corrected chi connectivity index (χ2v) is 6.84. The van der Waals surface area contributed by atoms with Crippen LogP contribution < -0.4 is 0 Å². The summed E-state index contributed by atoms with van der Waals surface area (Å²) in [5.41, 5.74) is 5.84. The van der Waals surface area contributed by atoms with Crippen LogP contribution in [0.5, 0.6) is 0 Å². The van der Waals surface area contributed by atoms with Gasteiger partial charge in [-0.3, -0.25) is 4.79 Å². The minimum Gasteiger partial charge on any atom is -0.289 e.